The molecule has 0 bridgehead atoms. The molecule has 1 aliphatic heterocycles. The number of amides is 2. The number of aryl methyl sites for hydroxylation is 1. The lowest BCUT2D eigenvalue weighted by molar-refractivity contribution is -0.141. The third-order valence-corrected chi connectivity index (χ3v) is 4.59. The first kappa shape index (κ1) is 17.2. The van der Waals surface area contributed by atoms with Crippen LogP contribution in [0.3, 0.4) is 0 Å². The monoisotopic (exact) mass is 336 g/mol. The number of rotatable bonds is 5. The van der Waals surface area contributed by atoms with E-state index in [9.17, 15) is 9.59 Å². The van der Waals surface area contributed by atoms with Crippen molar-refractivity contribution < 1.29 is 9.59 Å². The van der Waals surface area contributed by atoms with Crippen LogP contribution in [-0.2, 0) is 22.6 Å². The Labute approximate surface area is 148 Å². The lowest BCUT2D eigenvalue weighted by atomic mass is 9.91. The van der Waals surface area contributed by atoms with Gasteiger partial charge in [0, 0.05) is 13.1 Å². The average Bonchev–Trinajstić information content (AvgIpc) is 2.60. The van der Waals surface area contributed by atoms with E-state index in [4.69, 9.17) is 0 Å². The summed E-state index contributed by atoms with van der Waals surface area (Å²) < 4.78 is 0. The van der Waals surface area contributed by atoms with Gasteiger partial charge < -0.3 is 10.2 Å². The maximum Gasteiger partial charge on any atom is 0.247 e. The SMILES string of the molecule is CCCN1C(=O)Cc2ccccc2C1C(=O)NCc1cccc(C)c1. The minimum absolute atomic E-state index is 0.0243. The standard InChI is InChI=1S/C21H24N2O2/c1-3-11-23-19(24)13-17-9-4-5-10-18(17)20(23)21(25)22-14-16-8-6-7-15(2)12-16/h4-10,12,20H,3,11,13-14H2,1-2H3,(H,22,25). The molecule has 2 aromatic rings. The van der Waals surface area contributed by atoms with Crippen molar-refractivity contribution in [1.82, 2.24) is 10.2 Å². The van der Waals surface area contributed by atoms with E-state index < -0.39 is 6.04 Å². The van der Waals surface area contributed by atoms with Crippen molar-refractivity contribution in [2.24, 2.45) is 0 Å². The van der Waals surface area contributed by atoms with Crippen LogP contribution in [-0.4, -0.2) is 23.3 Å². The lowest BCUT2D eigenvalue weighted by Crippen LogP contribution is -2.47. The van der Waals surface area contributed by atoms with Crippen molar-refractivity contribution in [3.05, 3.63) is 70.8 Å². The van der Waals surface area contributed by atoms with Gasteiger partial charge in [-0.2, -0.15) is 0 Å². The van der Waals surface area contributed by atoms with Crippen molar-refractivity contribution in [2.45, 2.75) is 39.3 Å². The van der Waals surface area contributed by atoms with Crippen LogP contribution >= 0.6 is 0 Å². The Morgan fingerprint density at radius 1 is 1.20 bits per heavy atom. The highest BCUT2D eigenvalue weighted by Crippen LogP contribution is 2.30. The number of hydrogen-bond donors (Lipinski definition) is 1. The molecule has 0 aliphatic carbocycles. The van der Waals surface area contributed by atoms with Crippen LogP contribution in [0.4, 0.5) is 0 Å². The van der Waals surface area contributed by atoms with Gasteiger partial charge in [-0.05, 0) is 30.0 Å². The molecule has 0 saturated heterocycles. The summed E-state index contributed by atoms with van der Waals surface area (Å²) in [7, 11) is 0. The smallest absolute Gasteiger partial charge is 0.247 e. The van der Waals surface area contributed by atoms with Gasteiger partial charge in [0.25, 0.3) is 0 Å². The zero-order valence-electron chi connectivity index (χ0n) is 14.8. The maximum absolute atomic E-state index is 12.9. The molecule has 2 aromatic carbocycles. The third kappa shape index (κ3) is 3.73. The number of benzene rings is 2. The first-order chi connectivity index (χ1) is 12.1. The first-order valence-electron chi connectivity index (χ1n) is 8.80. The van der Waals surface area contributed by atoms with E-state index in [-0.39, 0.29) is 11.8 Å². The van der Waals surface area contributed by atoms with E-state index in [1.54, 1.807) is 4.90 Å². The highest BCUT2D eigenvalue weighted by atomic mass is 16.2. The fourth-order valence-corrected chi connectivity index (χ4v) is 3.42. The zero-order chi connectivity index (χ0) is 17.8. The van der Waals surface area contributed by atoms with Gasteiger partial charge in [-0.1, -0.05) is 61.0 Å². The van der Waals surface area contributed by atoms with E-state index in [1.165, 1.54) is 0 Å². The Kier molecular flexibility index (Phi) is 5.17. The average molecular weight is 336 g/mol. The lowest BCUT2D eigenvalue weighted by Gasteiger charge is -2.36. The molecule has 1 heterocycles. The molecule has 0 radical (unpaired) electrons. The minimum atomic E-state index is -0.540. The molecule has 1 unspecified atom stereocenters. The number of carbonyl (C=O) groups excluding carboxylic acids is 2. The Morgan fingerprint density at radius 3 is 2.76 bits per heavy atom. The van der Waals surface area contributed by atoms with E-state index in [2.05, 4.69) is 11.4 Å². The van der Waals surface area contributed by atoms with Crippen LogP contribution in [0.15, 0.2) is 48.5 Å². The van der Waals surface area contributed by atoms with Crippen molar-refractivity contribution >= 4 is 11.8 Å². The van der Waals surface area contributed by atoms with Crippen LogP contribution in [0.5, 0.6) is 0 Å². The second-order valence-electron chi connectivity index (χ2n) is 6.57. The Morgan fingerprint density at radius 2 is 2.00 bits per heavy atom. The van der Waals surface area contributed by atoms with Gasteiger partial charge in [-0.15, -0.1) is 0 Å². The molecule has 4 nitrogen and oxygen atoms in total. The molecule has 25 heavy (non-hydrogen) atoms. The number of nitrogens with zero attached hydrogens (tertiary/aromatic N) is 1. The van der Waals surface area contributed by atoms with Gasteiger partial charge in [0.2, 0.25) is 11.8 Å². The van der Waals surface area contributed by atoms with Crippen LogP contribution in [0.1, 0.15) is 41.6 Å². The molecule has 130 valence electrons. The zero-order valence-corrected chi connectivity index (χ0v) is 14.8. The molecule has 3 rings (SSSR count). The minimum Gasteiger partial charge on any atom is -0.350 e. The summed E-state index contributed by atoms with van der Waals surface area (Å²) in [5, 5.41) is 3.01. The largest absolute Gasteiger partial charge is 0.350 e. The molecule has 1 atom stereocenters. The number of fused-ring (bicyclic) bond motifs is 1. The summed E-state index contributed by atoms with van der Waals surface area (Å²) in [4.78, 5) is 27.2. The summed E-state index contributed by atoms with van der Waals surface area (Å²) in [5.41, 5.74) is 4.12. The van der Waals surface area contributed by atoms with Gasteiger partial charge in [0.05, 0.1) is 6.42 Å². The van der Waals surface area contributed by atoms with E-state index >= 15 is 0 Å². The summed E-state index contributed by atoms with van der Waals surface area (Å²) >= 11 is 0. The second-order valence-corrected chi connectivity index (χ2v) is 6.57. The molecule has 0 spiro atoms. The molecule has 1 aliphatic rings. The summed E-state index contributed by atoms with van der Waals surface area (Å²) in [6.45, 7) is 5.11. The topological polar surface area (TPSA) is 49.4 Å². The quantitative estimate of drug-likeness (QED) is 0.912. The Hall–Kier alpha value is -2.62. The Balaban J connectivity index is 1.83. The molecule has 2 amide bonds. The predicted molar refractivity (Wildman–Crippen MR) is 97.9 cm³/mol. The van der Waals surface area contributed by atoms with Crippen molar-refractivity contribution in [1.29, 1.82) is 0 Å². The van der Waals surface area contributed by atoms with E-state index in [1.807, 2.05) is 56.3 Å². The summed E-state index contributed by atoms with van der Waals surface area (Å²) in [5.74, 6) is -0.0910. The summed E-state index contributed by atoms with van der Waals surface area (Å²) in [6, 6.07) is 15.3. The van der Waals surface area contributed by atoms with Gasteiger partial charge in [-0.3, -0.25) is 9.59 Å². The molecule has 4 heteroatoms. The van der Waals surface area contributed by atoms with Crippen LogP contribution in [0.2, 0.25) is 0 Å². The normalized spacial score (nSPS) is 16.5. The van der Waals surface area contributed by atoms with Gasteiger partial charge in [0.15, 0.2) is 0 Å². The van der Waals surface area contributed by atoms with Crippen molar-refractivity contribution in [3.8, 4) is 0 Å². The number of nitrogens with one attached hydrogen (secondary N) is 1. The molecule has 0 saturated carbocycles. The fraction of sp³-hybridized carbons (Fsp3) is 0.333. The first-order valence-corrected chi connectivity index (χ1v) is 8.80. The van der Waals surface area contributed by atoms with Crippen LogP contribution in [0, 0.1) is 6.92 Å². The summed E-state index contributed by atoms with van der Waals surface area (Å²) in [6.07, 6.45) is 1.20. The molecule has 0 aromatic heterocycles. The third-order valence-electron chi connectivity index (χ3n) is 4.59. The van der Waals surface area contributed by atoms with E-state index in [0.29, 0.717) is 19.5 Å². The molecular weight excluding hydrogens is 312 g/mol. The van der Waals surface area contributed by atoms with Crippen LogP contribution in [0.25, 0.3) is 0 Å². The number of carbonyl (C=O) groups is 2. The van der Waals surface area contributed by atoms with Crippen molar-refractivity contribution in [3.63, 3.8) is 0 Å². The maximum atomic E-state index is 12.9. The molecular formula is C21H24N2O2. The Bertz CT molecular complexity index is 785. The van der Waals surface area contributed by atoms with Gasteiger partial charge >= 0.3 is 0 Å². The van der Waals surface area contributed by atoms with Gasteiger partial charge in [0.1, 0.15) is 6.04 Å². The van der Waals surface area contributed by atoms with Crippen LogP contribution < -0.4 is 5.32 Å². The fourth-order valence-electron chi connectivity index (χ4n) is 3.42. The predicted octanol–water partition coefficient (Wildman–Crippen LogP) is 3.15. The van der Waals surface area contributed by atoms with Gasteiger partial charge in [-0.25, -0.2) is 0 Å². The van der Waals surface area contributed by atoms with Crippen molar-refractivity contribution in [2.75, 3.05) is 6.54 Å². The number of hydrogen-bond acceptors (Lipinski definition) is 2. The highest BCUT2D eigenvalue weighted by molar-refractivity contribution is 5.92. The highest BCUT2D eigenvalue weighted by Gasteiger charge is 2.36. The van der Waals surface area contributed by atoms with E-state index in [0.717, 1.165) is 28.7 Å². The molecule has 1 N–H and O–H groups in total. The second kappa shape index (κ2) is 7.51. The molecule has 0 fully saturated rings.